The second-order valence-electron chi connectivity index (χ2n) is 3.93. The molecule has 0 bridgehead atoms. The smallest absolute Gasteiger partial charge is 0.204 e. The molecule has 1 unspecified atom stereocenters. The molecule has 82 valence electrons. The highest BCUT2D eigenvalue weighted by Gasteiger charge is 2.32. The average molecular weight is 254 g/mol. The molecular weight excluding hydrogens is 245 g/mol. The number of halogens is 2. The second-order valence-corrected chi connectivity index (χ2v) is 4.67. The maximum Gasteiger partial charge on any atom is 0.204 e. The van der Waals surface area contributed by atoms with E-state index in [1.165, 1.54) is 0 Å². The van der Waals surface area contributed by atoms with Crippen LogP contribution in [0.25, 0.3) is 0 Å². The molecule has 0 radical (unpaired) electrons. The van der Waals surface area contributed by atoms with Crippen molar-refractivity contribution in [1.82, 2.24) is 4.90 Å². The van der Waals surface area contributed by atoms with Crippen LogP contribution in [0.5, 0.6) is 0 Å². The van der Waals surface area contributed by atoms with E-state index in [1.54, 1.807) is 0 Å². The van der Waals surface area contributed by atoms with E-state index in [0.717, 1.165) is 23.6 Å². The van der Waals surface area contributed by atoms with Crippen LogP contribution >= 0.6 is 23.2 Å². The summed E-state index contributed by atoms with van der Waals surface area (Å²) in [5.74, 6) is 0.841. The first-order valence-corrected chi connectivity index (χ1v) is 5.81. The highest BCUT2D eigenvalue weighted by molar-refractivity contribution is 6.67. The molecule has 5 heteroatoms. The van der Waals surface area contributed by atoms with Crippen LogP contribution in [0.2, 0.25) is 5.02 Å². The number of fused-ring (bicyclic) bond motifs is 3. The van der Waals surface area contributed by atoms with Crippen molar-refractivity contribution in [2.45, 2.75) is 13.0 Å². The van der Waals surface area contributed by atoms with Gasteiger partial charge in [0.05, 0.1) is 22.3 Å². The Balaban J connectivity index is 2.27. The highest BCUT2D eigenvalue weighted by atomic mass is 35.5. The Labute approximate surface area is 103 Å². The molecule has 0 aromatic heterocycles. The van der Waals surface area contributed by atoms with Gasteiger partial charge in [-0.2, -0.15) is 0 Å². The van der Waals surface area contributed by atoms with Gasteiger partial charge in [0.1, 0.15) is 5.84 Å². The Kier molecular flexibility index (Phi) is 2.19. The molecule has 0 amide bonds. The van der Waals surface area contributed by atoms with Crippen LogP contribution in [0.15, 0.2) is 28.2 Å². The van der Waals surface area contributed by atoms with E-state index in [9.17, 15) is 0 Å². The summed E-state index contributed by atoms with van der Waals surface area (Å²) < 4.78 is 0. The van der Waals surface area contributed by atoms with Gasteiger partial charge >= 0.3 is 0 Å². The van der Waals surface area contributed by atoms with Gasteiger partial charge in [-0.25, -0.2) is 4.99 Å². The standard InChI is InChI=1S/C11H9Cl2N3/c1-6-5-16-10(14-6)9-7(12)3-2-4-8(9)15-11(16)13/h2-4,6H,5H2,1H3. The van der Waals surface area contributed by atoms with Crippen molar-refractivity contribution in [1.29, 1.82) is 0 Å². The van der Waals surface area contributed by atoms with E-state index in [1.807, 2.05) is 30.0 Å². The molecule has 16 heavy (non-hydrogen) atoms. The van der Waals surface area contributed by atoms with Crippen LogP contribution < -0.4 is 0 Å². The lowest BCUT2D eigenvalue weighted by Crippen LogP contribution is -2.35. The molecule has 3 nitrogen and oxygen atoms in total. The van der Waals surface area contributed by atoms with Gasteiger partial charge in [0, 0.05) is 6.54 Å². The minimum Gasteiger partial charge on any atom is -0.299 e. The first-order valence-electron chi connectivity index (χ1n) is 5.05. The molecule has 2 heterocycles. The zero-order chi connectivity index (χ0) is 11.3. The fourth-order valence-electron chi connectivity index (χ4n) is 2.02. The fraction of sp³-hybridized carbons (Fsp3) is 0.273. The summed E-state index contributed by atoms with van der Waals surface area (Å²) >= 11 is 12.3. The molecule has 0 N–H and O–H groups in total. The lowest BCUT2D eigenvalue weighted by molar-refractivity contribution is 0.604. The van der Waals surface area contributed by atoms with Gasteiger partial charge in [0.2, 0.25) is 5.29 Å². The minimum absolute atomic E-state index is 0.223. The summed E-state index contributed by atoms with van der Waals surface area (Å²) in [4.78, 5) is 10.8. The Morgan fingerprint density at radius 2 is 2.19 bits per heavy atom. The lowest BCUT2D eigenvalue weighted by Gasteiger charge is -2.24. The molecule has 2 aliphatic rings. The van der Waals surface area contributed by atoms with Gasteiger partial charge in [-0.05, 0) is 30.7 Å². The summed E-state index contributed by atoms with van der Waals surface area (Å²) in [6.45, 7) is 2.81. The van der Waals surface area contributed by atoms with E-state index in [-0.39, 0.29) is 6.04 Å². The van der Waals surface area contributed by atoms with E-state index < -0.39 is 0 Å². The van der Waals surface area contributed by atoms with Crippen molar-refractivity contribution < 1.29 is 0 Å². The van der Waals surface area contributed by atoms with E-state index >= 15 is 0 Å². The van der Waals surface area contributed by atoms with E-state index in [0.29, 0.717) is 10.3 Å². The van der Waals surface area contributed by atoms with Crippen molar-refractivity contribution in [3.05, 3.63) is 28.8 Å². The fourth-order valence-corrected chi connectivity index (χ4v) is 2.51. The number of amidine groups is 2. The van der Waals surface area contributed by atoms with Crippen molar-refractivity contribution in [2.75, 3.05) is 6.54 Å². The van der Waals surface area contributed by atoms with Crippen molar-refractivity contribution in [3.63, 3.8) is 0 Å². The van der Waals surface area contributed by atoms with Crippen LogP contribution in [0.4, 0.5) is 5.69 Å². The number of rotatable bonds is 0. The maximum atomic E-state index is 6.18. The topological polar surface area (TPSA) is 28.0 Å². The molecule has 3 rings (SSSR count). The summed E-state index contributed by atoms with van der Waals surface area (Å²) in [5, 5.41) is 1.14. The molecule has 0 aliphatic carbocycles. The van der Waals surface area contributed by atoms with Crippen LogP contribution in [-0.2, 0) is 0 Å². The Morgan fingerprint density at radius 1 is 1.38 bits per heavy atom. The van der Waals surface area contributed by atoms with Crippen molar-refractivity contribution >= 4 is 40.0 Å². The molecule has 1 aromatic rings. The Bertz CT molecular complexity index is 522. The van der Waals surface area contributed by atoms with Gasteiger partial charge in [-0.3, -0.25) is 9.89 Å². The minimum atomic E-state index is 0.223. The van der Waals surface area contributed by atoms with Gasteiger partial charge in [0.15, 0.2) is 0 Å². The second kappa shape index (κ2) is 3.47. The third-order valence-electron chi connectivity index (χ3n) is 2.70. The molecular formula is C11H9Cl2N3. The zero-order valence-corrected chi connectivity index (χ0v) is 10.1. The summed E-state index contributed by atoms with van der Waals surface area (Å²) in [5.41, 5.74) is 1.68. The quantitative estimate of drug-likeness (QED) is 0.654. The molecule has 1 atom stereocenters. The third kappa shape index (κ3) is 1.35. The number of benzene rings is 1. The molecule has 0 spiro atoms. The SMILES string of the molecule is CC1CN2C(Cl)=Nc3cccc(Cl)c3C2=N1. The van der Waals surface area contributed by atoms with Crippen LogP contribution in [-0.4, -0.2) is 28.6 Å². The predicted octanol–water partition coefficient (Wildman–Crippen LogP) is 3.03. The maximum absolute atomic E-state index is 6.18. The first-order chi connectivity index (χ1) is 7.66. The Hall–Kier alpha value is -1.06. The molecule has 0 saturated heterocycles. The van der Waals surface area contributed by atoms with Crippen LogP contribution in [0, 0.1) is 0 Å². The first kappa shape index (κ1) is 10.1. The summed E-state index contributed by atoms with van der Waals surface area (Å²) in [6.07, 6.45) is 0. The zero-order valence-electron chi connectivity index (χ0n) is 8.61. The van der Waals surface area contributed by atoms with Gasteiger partial charge in [-0.1, -0.05) is 17.7 Å². The molecule has 2 aliphatic heterocycles. The van der Waals surface area contributed by atoms with E-state index in [2.05, 4.69) is 9.98 Å². The van der Waals surface area contributed by atoms with E-state index in [4.69, 9.17) is 23.2 Å². The summed E-state index contributed by atoms with van der Waals surface area (Å²) in [6, 6.07) is 5.83. The normalized spacial score (nSPS) is 22.4. The number of hydrogen-bond donors (Lipinski definition) is 0. The number of aliphatic imine (C=N–C) groups is 2. The molecule has 0 fully saturated rings. The van der Waals surface area contributed by atoms with Gasteiger partial charge in [-0.15, -0.1) is 0 Å². The predicted molar refractivity (Wildman–Crippen MR) is 67.1 cm³/mol. The van der Waals surface area contributed by atoms with Gasteiger partial charge in [0.25, 0.3) is 0 Å². The number of nitrogens with zero attached hydrogens (tertiary/aromatic N) is 3. The largest absolute Gasteiger partial charge is 0.299 e. The third-order valence-corrected chi connectivity index (χ3v) is 3.30. The highest BCUT2D eigenvalue weighted by Crippen LogP contribution is 2.35. The average Bonchev–Trinajstić information content (AvgIpc) is 2.60. The van der Waals surface area contributed by atoms with Gasteiger partial charge < -0.3 is 0 Å². The summed E-state index contributed by atoms with van der Waals surface area (Å²) in [7, 11) is 0. The lowest BCUT2D eigenvalue weighted by atomic mass is 10.1. The van der Waals surface area contributed by atoms with Crippen LogP contribution in [0.3, 0.4) is 0 Å². The van der Waals surface area contributed by atoms with Crippen molar-refractivity contribution in [3.8, 4) is 0 Å². The van der Waals surface area contributed by atoms with Crippen molar-refractivity contribution in [2.24, 2.45) is 9.98 Å². The molecule has 1 aromatic carbocycles. The monoisotopic (exact) mass is 253 g/mol. The Morgan fingerprint density at radius 3 is 3.00 bits per heavy atom. The molecule has 0 saturated carbocycles. The van der Waals surface area contributed by atoms with Crippen LogP contribution in [0.1, 0.15) is 12.5 Å². The number of hydrogen-bond acceptors (Lipinski definition) is 3.